The first-order valence-electron chi connectivity index (χ1n) is 6.98. The predicted octanol–water partition coefficient (Wildman–Crippen LogP) is 2.54. The monoisotopic (exact) mass is 285 g/mol. The Kier molecular flexibility index (Phi) is 5.06. The molecule has 1 heterocycles. The van der Waals surface area contributed by atoms with E-state index in [0.717, 1.165) is 17.7 Å². The van der Waals surface area contributed by atoms with Crippen molar-refractivity contribution >= 4 is 6.29 Å². The number of nitrogens with zero attached hydrogens (tertiary/aromatic N) is 1. The summed E-state index contributed by atoms with van der Waals surface area (Å²) in [6.45, 7) is 2.94. The zero-order chi connectivity index (χ0) is 15.2. The molecule has 0 aliphatic rings. The molecule has 4 nitrogen and oxygen atoms in total. The van der Waals surface area contributed by atoms with Crippen molar-refractivity contribution in [3.05, 3.63) is 57.9 Å². The molecule has 4 heteroatoms. The van der Waals surface area contributed by atoms with Gasteiger partial charge in [-0.1, -0.05) is 31.2 Å². The maximum absolute atomic E-state index is 12.3. The number of carbonyl (C=O) groups is 1. The predicted molar refractivity (Wildman–Crippen MR) is 82.8 cm³/mol. The van der Waals surface area contributed by atoms with Crippen molar-refractivity contribution in [1.29, 1.82) is 0 Å². The van der Waals surface area contributed by atoms with Gasteiger partial charge < -0.3 is 9.30 Å². The zero-order valence-electron chi connectivity index (χ0n) is 12.3. The lowest BCUT2D eigenvalue weighted by Crippen LogP contribution is -2.26. The quantitative estimate of drug-likeness (QED) is 0.766. The second kappa shape index (κ2) is 6.99. The largest absolute Gasteiger partial charge is 0.383 e. The highest BCUT2D eigenvalue weighted by atomic mass is 16.5. The molecule has 0 unspecified atom stereocenters. The van der Waals surface area contributed by atoms with Crippen LogP contribution >= 0.6 is 0 Å². The maximum Gasteiger partial charge on any atom is 0.261 e. The number of carbonyl (C=O) groups excluding carboxylic acids is 1. The summed E-state index contributed by atoms with van der Waals surface area (Å²) in [5.41, 5.74) is 2.89. The molecule has 21 heavy (non-hydrogen) atoms. The van der Waals surface area contributed by atoms with E-state index >= 15 is 0 Å². The molecule has 0 spiro atoms. The minimum Gasteiger partial charge on any atom is -0.383 e. The number of hydrogen-bond donors (Lipinski definition) is 0. The van der Waals surface area contributed by atoms with Crippen LogP contribution in [0.15, 0.2) is 41.2 Å². The van der Waals surface area contributed by atoms with Crippen molar-refractivity contribution in [1.82, 2.24) is 4.57 Å². The molecule has 0 N–H and O–H groups in total. The lowest BCUT2D eigenvalue weighted by atomic mass is 10.1. The van der Waals surface area contributed by atoms with Gasteiger partial charge in [-0.15, -0.1) is 0 Å². The van der Waals surface area contributed by atoms with Gasteiger partial charge in [-0.25, -0.2) is 0 Å². The topological polar surface area (TPSA) is 48.3 Å². The second-order valence-corrected chi connectivity index (χ2v) is 4.79. The Bertz CT molecular complexity index is 671. The average molecular weight is 285 g/mol. The van der Waals surface area contributed by atoms with Crippen LogP contribution in [-0.4, -0.2) is 24.6 Å². The molecule has 0 radical (unpaired) electrons. The molecule has 1 aromatic heterocycles. The fourth-order valence-corrected chi connectivity index (χ4v) is 2.25. The molecule has 0 aliphatic carbocycles. The van der Waals surface area contributed by atoms with E-state index in [1.165, 1.54) is 5.56 Å². The van der Waals surface area contributed by atoms with Crippen LogP contribution in [0.1, 0.15) is 22.8 Å². The van der Waals surface area contributed by atoms with Crippen molar-refractivity contribution in [3.8, 4) is 11.3 Å². The third kappa shape index (κ3) is 3.28. The van der Waals surface area contributed by atoms with Gasteiger partial charge in [0.25, 0.3) is 5.56 Å². The number of aldehydes is 1. The summed E-state index contributed by atoms with van der Waals surface area (Å²) in [5, 5.41) is 0. The highest BCUT2D eigenvalue weighted by Crippen LogP contribution is 2.19. The minimum absolute atomic E-state index is 0.167. The Morgan fingerprint density at radius 3 is 2.43 bits per heavy atom. The number of methoxy groups -OCH3 is 1. The molecule has 0 bridgehead atoms. The standard InChI is InChI=1S/C17H19NO3/c1-3-13-4-6-14(7-5-13)16-9-8-15(12-19)17(20)18(16)10-11-21-2/h4-9,12H,3,10-11H2,1-2H3. The molecule has 0 aliphatic heterocycles. The first kappa shape index (κ1) is 15.2. The number of pyridine rings is 1. The lowest BCUT2D eigenvalue weighted by Gasteiger charge is -2.13. The normalized spacial score (nSPS) is 10.6. The third-order valence-corrected chi connectivity index (χ3v) is 3.51. The fraction of sp³-hybridized carbons (Fsp3) is 0.294. The van der Waals surface area contributed by atoms with Crippen molar-refractivity contribution in [2.75, 3.05) is 13.7 Å². The van der Waals surface area contributed by atoms with E-state index in [1.54, 1.807) is 17.7 Å². The van der Waals surface area contributed by atoms with Crippen LogP contribution in [0.4, 0.5) is 0 Å². The Balaban J connectivity index is 2.52. The van der Waals surface area contributed by atoms with Crippen molar-refractivity contribution < 1.29 is 9.53 Å². The zero-order valence-corrected chi connectivity index (χ0v) is 12.3. The Labute approximate surface area is 124 Å². The van der Waals surface area contributed by atoms with E-state index in [1.807, 2.05) is 30.3 Å². The first-order valence-corrected chi connectivity index (χ1v) is 6.98. The summed E-state index contributed by atoms with van der Waals surface area (Å²) in [6.07, 6.45) is 1.57. The number of benzene rings is 1. The number of aromatic nitrogens is 1. The Morgan fingerprint density at radius 2 is 1.86 bits per heavy atom. The molecule has 0 fully saturated rings. The van der Waals surface area contributed by atoms with E-state index in [9.17, 15) is 9.59 Å². The van der Waals surface area contributed by atoms with Crippen molar-refractivity contribution in [2.24, 2.45) is 0 Å². The van der Waals surface area contributed by atoms with Gasteiger partial charge in [-0.05, 0) is 29.7 Å². The summed E-state index contributed by atoms with van der Waals surface area (Å²) >= 11 is 0. The molecule has 110 valence electrons. The molecule has 2 rings (SSSR count). The molecular weight excluding hydrogens is 266 g/mol. The van der Waals surface area contributed by atoms with Crippen LogP contribution in [0, 0.1) is 0 Å². The van der Waals surface area contributed by atoms with Crippen molar-refractivity contribution in [3.63, 3.8) is 0 Å². The molecule has 0 saturated carbocycles. The van der Waals surface area contributed by atoms with Gasteiger partial charge in [0.1, 0.15) is 0 Å². The molecule has 0 amide bonds. The van der Waals surface area contributed by atoms with Gasteiger partial charge in [0.15, 0.2) is 6.29 Å². The maximum atomic E-state index is 12.3. The van der Waals surface area contributed by atoms with E-state index in [2.05, 4.69) is 6.92 Å². The summed E-state index contributed by atoms with van der Waals surface area (Å²) in [4.78, 5) is 23.2. The summed E-state index contributed by atoms with van der Waals surface area (Å²) in [7, 11) is 1.59. The summed E-state index contributed by atoms with van der Waals surface area (Å²) in [5.74, 6) is 0. The molecule has 0 saturated heterocycles. The van der Waals surface area contributed by atoms with Gasteiger partial charge in [0, 0.05) is 13.7 Å². The number of aryl methyl sites for hydroxylation is 1. The van der Waals surface area contributed by atoms with Crippen LogP contribution in [0.2, 0.25) is 0 Å². The fourth-order valence-electron chi connectivity index (χ4n) is 2.25. The van der Waals surface area contributed by atoms with E-state index < -0.39 is 0 Å². The van der Waals surface area contributed by atoms with Gasteiger partial charge in [0.2, 0.25) is 0 Å². The molecule has 0 atom stereocenters. The van der Waals surface area contributed by atoms with Crippen LogP contribution < -0.4 is 5.56 Å². The van der Waals surface area contributed by atoms with Crippen LogP contribution in [0.3, 0.4) is 0 Å². The second-order valence-electron chi connectivity index (χ2n) is 4.79. The van der Waals surface area contributed by atoms with Gasteiger partial charge in [0.05, 0.1) is 17.9 Å². The van der Waals surface area contributed by atoms with Gasteiger partial charge >= 0.3 is 0 Å². The minimum atomic E-state index is -0.279. The smallest absolute Gasteiger partial charge is 0.261 e. The summed E-state index contributed by atoms with van der Waals surface area (Å²) < 4.78 is 6.65. The highest BCUT2D eigenvalue weighted by Gasteiger charge is 2.10. The molecular formula is C17H19NO3. The van der Waals surface area contributed by atoms with Gasteiger partial charge in [-0.2, -0.15) is 0 Å². The van der Waals surface area contributed by atoms with Crippen molar-refractivity contribution in [2.45, 2.75) is 19.9 Å². The van der Waals surface area contributed by atoms with E-state index in [4.69, 9.17) is 4.74 Å². The number of rotatable bonds is 6. The Morgan fingerprint density at radius 1 is 1.14 bits per heavy atom. The Hall–Kier alpha value is -2.20. The lowest BCUT2D eigenvalue weighted by molar-refractivity contribution is 0.112. The highest BCUT2D eigenvalue weighted by molar-refractivity contribution is 5.75. The van der Waals surface area contributed by atoms with Crippen LogP contribution in [0.25, 0.3) is 11.3 Å². The number of ether oxygens (including phenoxy) is 1. The SMILES string of the molecule is CCc1ccc(-c2ccc(C=O)c(=O)n2CCOC)cc1. The summed E-state index contributed by atoms with van der Waals surface area (Å²) in [6, 6.07) is 11.5. The average Bonchev–Trinajstić information content (AvgIpc) is 2.53. The number of hydrogen-bond acceptors (Lipinski definition) is 3. The van der Waals surface area contributed by atoms with Gasteiger partial charge in [-0.3, -0.25) is 9.59 Å². The molecule has 1 aromatic carbocycles. The van der Waals surface area contributed by atoms with Crippen LogP contribution in [0.5, 0.6) is 0 Å². The first-order chi connectivity index (χ1) is 10.2. The molecule has 2 aromatic rings. The third-order valence-electron chi connectivity index (χ3n) is 3.51. The van der Waals surface area contributed by atoms with Crippen LogP contribution in [-0.2, 0) is 17.7 Å². The van der Waals surface area contributed by atoms with E-state index in [-0.39, 0.29) is 11.1 Å². The van der Waals surface area contributed by atoms with E-state index in [0.29, 0.717) is 19.4 Å².